The molecule has 0 aliphatic heterocycles. The van der Waals surface area contributed by atoms with Crippen LogP contribution in [-0.2, 0) is 24.7 Å². The molecule has 0 saturated heterocycles. The molecule has 0 spiro atoms. The Bertz CT molecular complexity index is 1640. The van der Waals surface area contributed by atoms with Gasteiger partial charge in [-0.3, -0.25) is 0 Å². The first-order valence-electron chi connectivity index (χ1n) is 13.9. The van der Waals surface area contributed by atoms with E-state index in [1.807, 2.05) is 0 Å². The zero-order chi connectivity index (χ0) is 37.4. The summed E-state index contributed by atoms with van der Waals surface area (Å²) in [4.78, 5) is 1.35. The van der Waals surface area contributed by atoms with Crippen molar-refractivity contribution in [2.24, 2.45) is 11.5 Å². The van der Waals surface area contributed by atoms with E-state index in [-0.39, 0.29) is 23.3 Å². The number of hydrogen-bond acceptors (Lipinski definition) is 2. The standard InChI is InChI=1S/C32H22F12N4S2/c33-29(34,35)19-11-20(30(36,37)38)14-23(13-19)47(27(45)49)25(17-7-3-1-4-8-17)26(18-9-5-2-6-10-18)48(28(46)50)24-15-21(31(39,40)41)12-22(16-24)32(42,43)44/h1-16,25-26H,(H2,45,49)(H2,46,50). The number of thiocarbonyl (C=S) groups is 2. The molecular weight excluding hydrogens is 732 g/mol. The van der Waals surface area contributed by atoms with E-state index in [0.717, 1.165) is 0 Å². The van der Waals surface area contributed by atoms with Gasteiger partial charge in [0.15, 0.2) is 10.2 Å². The lowest BCUT2D eigenvalue weighted by Crippen LogP contribution is -2.49. The van der Waals surface area contributed by atoms with Gasteiger partial charge >= 0.3 is 24.7 Å². The van der Waals surface area contributed by atoms with Crippen LogP contribution < -0.4 is 21.3 Å². The van der Waals surface area contributed by atoms with E-state index >= 15 is 0 Å². The van der Waals surface area contributed by atoms with Gasteiger partial charge in [-0.25, -0.2) is 0 Å². The fraction of sp³-hybridized carbons (Fsp3) is 0.188. The highest BCUT2D eigenvalue weighted by atomic mass is 32.1. The van der Waals surface area contributed by atoms with Gasteiger partial charge < -0.3 is 21.3 Å². The van der Waals surface area contributed by atoms with Crippen LogP contribution in [0.2, 0.25) is 0 Å². The first-order valence-corrected chi connectivity index (χ1v) is 14.7. The second-order valence-electron chi connectivity index (χ2n) is 10.7. The maximum absolute atomic E-state index is 14.0. The van der Waals surface area contributed by atoms with E-state index < -0.39 is 80.6 Å². The summed E-state index contributed by atoms with van der Waals surface area (Å²) in [5, 5.41) is -1.65. The van der Waals surface area contributed by atoms with E-state index in [1.165, 1.54) is 60.7 Å². The van der Waals surface area contributed by atoms with Gasteiger partial charge in [0, 0.05) is 11.4 Å². The Kier molecular flexibility index (Phi) is 10.7. The molecule has 0 radical (unpaired) electrons. The lowest BCUT2D eigenvalue weighted by molar-refractivity contribution is -0.144. The Morgan fingerprint density at radius 3 is 0.880 bits per heavy atom. The molecule has 0 aliphatic carbocycles. The third kappa shape index (κ3) is 8.58. The molecule has 266 valence electrons. The maximum Gasteiger partial charge on any atom is 0.416 e. The predicted octanol–water partition coefficient (Wildman–Crippen LogP) is 10.0. The van der Waals surface area contributed by atoms with Gasteiger partial charge in [0.2, 0.25) is 0 Å². The van der Waals surface area contributed by atoms with Crippen molar-refractivity contribution < 1.29 is 52.7 Å². The van der Waals surface area contributed by atoms with E-state index in [9.17, 15) is 52.7 Å². The van der Waals surface area contributed by atoms with E-state index in [1.54, 1.807) is 0 Å². The summed E-state index contributed by atoms with van der Waals surface area (Å²) in [6, 6.07) is 11.6. The molecule has 0 aromatic heterocycles. The van der Waals surface area contributed by atoms with Gasteiger partial charge in [-0.05, 0) is 72.0 Å². The van der Waals surface area contributed by atoms with Crippen molar-refractivity contribution in [3.63, 3.8) is 0 Å². The molecular formula is C32H22F12N4S2. The number of hydrogen-bond donors (Lipinski definition) is 2. The minimum Gasteiger partial charge on any atom is -0.376 e. The van der Waals surface area contributed by atoms with Crippen molar-refractivity contribution in [2.75, 3.05) is 9.80 Å². The lowest BCUT2D eigenvalue weighted by Gasteiger charge is -2.44. The summed E-state index contributed by atoms with van der Waals surface area (Å²) < 4.78 is 168. The largest absolute Gasteiger partial charge is 0.416 e. The van der Waals surface area contributed by atoms with Crippen molar-refractivity contribution in [3.05, 3.63) is 130 Å². The number of alkyl halides is 12. The van der Waals surface area contributed by atoms with Crippen LogP contribution in [0.5, 0.6) is 0 Å². The van der Waals surface area contributed by atoms with Crippen LogP contribution in [0, 0.1) is 0 Å². The summed E-state index contributed by atoms with van der Waals surface area (Å²) in [7, 11) is 0. The van der Waals surface area contributed by atoms with Crippen LogP contribution in [0.25, 0.3) is 0 Å². The third-order valence-corrected chi connectivity index (χ3v) is 7.71. The molecule has 0 aliphatic rings. The molecule has 0 saturated carbocycles. The monoisotopic (exact) mass is 754 g/mol. The number of nitrogens with zero attached hydrogens (tertiary/aromatic N) is 2. The van der Waals surface area contributed by atoms with E-state index in [4.69, 9.17) is 35.9 Å². The van der Waals surface area contributed by atoms with Gasteiger partial charge in [-0.2, -0.15) is 52.7 Å². The van der Waals surface area contributed by atoms with Crippen LogP contribution in [0.3, 0.4) is 0 Å². The average Bonchev–Trinajstić information content (AvgIpc) is 3.01. The first kappa shape index (κ1) is 38.2. The van der Waals surface area contributed by atoms with Crippen molar-refractivity contribution in [1.29, 1.82) is 0 Å². The summed E-state index contributed by atoms with van der Waals surface area (Å²) in [5.74, 6) is 0. The molecule has 2 atom stereocenters. The molecule has 0 bridgehead atoms. The SMILES string of the molecule is NC(=S)N(c1cc(C(F)(F)F)cc(C(F)(F)F)c1)C(c1ccccc1)C(c1ccccc1)N(C(N)=S)c1cc(C(F)(F)F)cc(C(F)(F)F)c1. The highest BCUT2D eigenvalue weighted by molar-refractivity contribution is 7.80. The molecule has 4 rings (SSSR count). The Morgan fingerprint density at radius 2 is 0.680 bits per heavy atom. The van der Waals surface area contributed by atoms with Crippen molar-refractivity contribution in [1.82, 2.24) is 0 Å². The second-order valence-corrected chi connectivity index (χ2v) is 11.5. The molecule has 4 aromatic carbocycles. The van der Waals surface area contributed by atoms with Crippen LogP contribution in [0.1, 0.15) is 45.5 Å². The molecule has 4 nitrogen and oxygen atoms in total. The van der Waals surface area contributed by atoms with Crippen LogP contribution >= 0.6 is 24.4 Å². The molecule has 4 N–H and O–H groups in total. The van der Waals surface area contributed by atoms with Gasteiger partial charge in [0.05, 0.1) is 34.3 Å². The number of rotatable bonds is 7. The number of benzene rings is 4. The maximum atomic E-state index is 14.0. The molecule has 18 heteroatoms. The van der Waals surface area contributed by atoms with Gasteiger partial charge in [0.1, 0.15) is 0 Å². The number of anilines is 2. The van der Waals surface area contributed by atoms with Crippen LogP contribution in [0.4, 0.5) is 64.1 Å². The Balaban J connectivity index is 2.17. The molecule has 0 fully saturated rings. The Morgan fingerprint density at radius 1 is 0.440 bits per heavy atom. The highest BCUT2D eigenvalue weighted by Gasteiger charge is 2.43. The minimum absolute atomic E-state index is 0.0318. The van der Waals surface area contributed by atoms with Crippen molar-refractivity contribution in [2.45, 2.75) is 36.8 Å². The number of halogens is 12. The van der Waals surface area contributed by atoms with Crippen LogP contribution in [0.15, 0.2) is 97.1 Å². The van der Waals surface area contributed by atoms with Crippen molar-refractivity contribution >= 4 is 46.0 Å². The average molecular weight is 755 g/mol. The molecule has 50 heavy (non-hydrogen) atoms. The molecule has 0 amide bonds. The normalized spacial score (nSPS) is 13.8. The van der Waals surface area contributed by atoms with Gasteiger partial charge in [-0.1, -0.05) is 60.7 Å². The van der Waals surface area contributed by atoms with E-state index in [2.05, 4.69) is 0 Å². The first-order chi connectivity index (χ1) is 23.0. The highest BCUT2D eigenvalue weighted by Crippen LogP contribution is 2.47. The number of nitrogens with two attached hydrogens (primary N) is 2. The van der Waals surface area contributed by atoms with Gasteiger partial charge in [0.25, 0.3) is 0 Å². The fourth-order valence-corrected chi connectivity index (χ4v) is 5.69. The molecule has 0 heterocycles. The van der Waals surface area contributed by atoms with Gasteiger partial charge in [-0.15, -0.1) is 0 Å². The fourth-order valence-electron chi connectivity index (χ4n) is 5.25. The molecule has 4 aromatic rings. The second kappa shape index (κ2) is 14.0. The zero-order valence-corrected chi connectivity index (χ0v) is 26.4. The topological polar surface area (TPSA) is 58.5 Å². The molecule has 2 unspecified atom stereocenters. The van der Waals surface area contributed by atoms with E-state index in [0.29, 0.717) is 34.1 Å². The summed E-state index contributed by atoms with van der Waals surface area (Å²) >= 11 is 10.4. The zero-order valence-electron chi connectivity index (χ0n) is 24.8. The summed E-state index contributed by atoms with van der Waals surface area (Å²) in [5.41, 5.74) is 3.37. The minimum atomic E-state index is -5.32. The van der Waals surface area contributed by atoms with Crippen LogP contribution in [-0.4, -0.2) is 10.2 Å². The van der Waals surface area contributed by atoms with Crippen molar-refractivity contribution in [3.8, 4) is 0 Å². The third-order valence-electron chi connectivity index (χ3n) is 7.31. The smallest absolute Gasteiger partial charge is 0.376 e. The summed E-state index contributed by atoms with van der Waals surface area (Å²) in [6.07, 6.45) is -21.3. The Labute approximate surface area is 286 Å². The Hall–Kier alpha value is -4.58. The predicted molar refractivity (Wildman–Crippen MR) is 170 cm³/mol. The quantitative estimate of drug-likeness (QED) is 0.145. The lowest BCUT2D eigenvalue weighted by atomic mass is 9.89. The summed E-state index contributed by atoms with van der Waals surface area (Å²) in [6.45, 7) is 0.